The molecule has 0 bridgehead atoms. The summed E-state index contributed by atoms with van der Waals surface area (Å²) in [6.45, 7) is 5.29. The molecule has 1 aliphatic rings. The van der Waals surface area contributed by atoms with Crippen LogP contribution in [0.1, 0.15) is 44.0 Å². The van der Waals surface area contributed by atoms with E-state index in [9.17, 15) is 18.0 Å². The van der Waals surface area contributed by atoms with Gasteiger partial charge in [-0.3, -0.25) is 9.52 Å². The predicted octanol–water partition coefficient (Wildman–Crippen LogP) is 2.26. The number of rotatable bonds is 8. The lowest BCUT2D eigenvalue weighted by atomic mass is 10.2. The number of carboxylic acid groups (broad SMARTS) is 1. The van der Waals surface area contributed by atoms with Crippen LogP contribution in [-0.4, -0.2) is 43.4 Å². The fourth-order valence-electron chi connectivity index (χ4n) is 2.08. The third-order valence-electron chi connectivity index (χ3n) is 3.39. The van der Waals surface area contributed by atoms with Crippen LogP contribution in [0.15, 0.2) is 18.2 Å². The van der Waals surface area contributed by atoms with Crippen LogP contribution < -0.4 is 9.46 Å². The first-order valence-corrected chi connectivity index (χ1v) is 9.83. The van der Waals surface area contributed by atoms with Crippen LogP contribution in [0.2, 0.25) is 0 Å². The van der Waals surface area contributed by atoms with Gasteiger partial charge in [0.1, 0.15) is 11.4 Å². The SMILES string of the molecule is CC(C)(C)OC(=O)CS(=O)(=O)Nc1ccc(C(=O)O)cc1OCC1CC1. The van der Waals surface area contributed by atoms with Crippen molar-refractivity contribution in [2.45, 2.75) is 39.2 Å². The van der Waals surface area contributed by atoms with Crippen molar-refractivity contribution in [1.82, 2.24) is 0 Å². The highest BCUT2D eigenvalue weighted by atomic mass is 32.2. The first-order valence-electron chi connectivity index (χ1n) is 8.18. The molecule has 8 nitrogen and oxygen atoms in total. The highest BCUT2D eigenvalue weighted by molar-refractivity contribution is 7.93. The zero-order valence-electron chi connectivity index (χ0n) is 14.9. The van der Waals surface area contributed by atoms with E-state index in [1.807, 2.05) is 0 Å². The van der Waals surface area contributed by atoms with Crippen molar-refractivity contribution in [3.05, 3.63) is 23.8 Å². The second-order valence-corrected chi connectivity index (χ2v) is 8.94. The Morgan fingerprint density at radius 3 is 2.46 bits per heavy atom. The van der Waals surface area contributed by atoms with Crippen LogP contribution >= 0.6 is 0 Å². The summed E-state index contributed by atoms with van der Waals surface area (Å²) in [4.78, 5) is 22.9. The average Bonchev–Trinajstić information content (AvgIpc) is 3.26. The standard InChI is InChI=1S/C17H23NO7S/c1-17(2,3)25-15(19)10-26(22,23)18-13-7-6-12(16(20)21)8-14(13)24-9-11-4-5-11/h6-8,11,18H,4-5,9-10H2,1-3H3,(H,20,21). The van der Waals surface area contributed by atoms with Gasteiger partial charge in [-0.1, -0.05) is 0 Å². The van der Waals surface area contributed by atoms with Crippen LogP contribution in [0.5, 0.6) is 5.75 Å². The van der Waals surface area contributed by atoms with Crippen molar-refractivity contribution in [3.63, 3.8) is 0 Å². The van der Waals surface area contributed by atoms with Crippen LogP contribution in [0.3, 0.4) is 0 Å². The van der Waals surface area contributed by atoms with Gasteiger partial charge < -0.3 is 14.6 Å². The maximum absolute atomic E-state index is 12.2. The Balaban J connectivity index is 2.14. The van der Waals surface area contributed by atoms with Crippen LogP contribution in [0, 0.1) is 5.92 Å². The van der Waals surface area contributed by atoms with Crippen molar-refractivity contribution >= 4 is 27.6 Å². The topological polar surface area (TPSA) is 119 Å². The number of nitrogens with one attached hydrogen (secondary N) is 1. The molecule has 1 aromatic rings. The molecule has 0 aliphatic heterocycles. The molecular weight excluding hydrogens is 362 g/mol. The molecule has 2 rings (SSSR count). The van der Waals surface area contributed by atoms with Crippen molar-refractivity contribution in [2.75, 3.05) is 17.1 Å². The van der Waals surface area contributed by atoms with Gasteiger partial charge in [-0.15, -0.1) is 0 Å². The monoisotopic (exact) mass is 385 g/mol. The number of hydrogen-bond acceptors (Lipinski definition) is 6. The summed E-state index contributed by atoms with van der Waals surface area (Å²) in [6.07, 6.45) is 2.05. The van der Waals surface area contributed by atoms with Gasteiger partial charge in [0.25, 0.3) is 0 Å². The Bertz CT molecular complexity index is 792. The number of ether oxygens (including phenoxy) is 2. The highest BCUT2D eigenvalue weighted by Gasteiger charge is 2.25. The van der Waals surface area contributed by atoms with Gasteiger partial charge in [0.05, 0.1) is 17.9 Å². The van der Waals surface area contributed by atoms with Gasteiger partial charge in [0.2, 0.25) is 10.0 Å². The van der Waals surface area contributed by atoms with Gasteiger partial charge >= 0.3 is 11.9 Å². The van der Waals surface area contributed by atoms with Gasteiger partial charge in [0, 0.05) is 0 Å². The van der Waals surface area contributed by atoms with Crippen LogP contribution in [-0.2, 0) is 19.6 Å². The fourth-order valence-corrected chi connectivity index (χ4v) is 3.03. The predicted molar refractivity (Wildman–Crippen MR) is 94.9 cm³/mol. The molecule has 0 saturated heterocycles. The molecule has 2 N–H and O–H groups in total. The summed E-state index contributed by atoms with van der Waals surface area (Å²) in [5.74, 6) is -2.37. The molecule has 0 atom stereocenters. The van der Waals surface area contributed by atoms with E-state index in [1.165, 1.54) is 18.2 Å². The second-order valence-electron chi connectivity index (χ2n) is 7.22. The maximum atomic E-state index is 12.2. The van der Waals surface area contributed by atoms with Crippen molar-refractivity contribution in [1.29, 1.82) is 0 Å². The molecule has 1 aromatic carbocycles. The van der Waals surface area contributed by atoms with Crippen LogP contribution in [0.4, 0.5) is 5.69 Å². The van der Waals surface area contributed by atoms with Gasteiger partial charge in [-0.2, -0.15) is 0 Å². The number of benzene rings is 1. The lowest BCUT2D eigenvalue weighted by molar-refractivity contribution is -0.151. The molecule has 0 amide bonds. The second kappa shape index (κ2) is 7.53. The lowest BCUT2D eigenvalue weighted by Crippen LogP contribution is -2.30. The highest BCUT2D eigenvalue weighted by Crippen LogP contribution is 2.33. The first-order chi connectivity index (χ1) is 12.0. The molecule has 0 spiro atoms. The Morgan fingerprint density at radius 2 is 1.92 bits per heavy atom. The smallest absolute Gasteiger partial charge is 0.335 e. The Hall–Kier alpha value is -2.29. The zero-order chi connectivity index (χ0) is 19.5. The molecule has 1 fully saturated rings. The number of carbonyl (C=O) groups is 2. The van der Waals surface area contributed by atoms with Crippen molar-refractivity contribution < 1.29 is 32.6 Å². The number of esters is 1. The van der Waals surface area contributed by atoms with E-state index >= 15 is 0 Å². The van der Waals surface area contributed by atoms with Crippen molar-refractivity contribution in [3.8, 4) is 5.75 Å². The third-order valence-corrected chi connectivity index (χ3v) is 4.54. The van der Waals surface area contributed by atoms with E-state index in [0.717, 1.165) is 12.8 Å². The minimum absolute atomic E-state index is 0.0223. The summed E-state index contributed by atoms with van der Waals surface area (Å²) in [5, 5.41) is 9.09. The Labute approximate surface area is 152 Å². The molecular formula is C17H23NO7S. The first kappa shape index (κ1) is 20.0. The van der Waals surface area contributed by atoms with Crippen molar-refractivity contribution in [2.24, 2.45) is 5.92 Å². The molecule has 0 aromatic heterocycles. The van der Waals surface area contributed by atoms with Gasteiger partial charge in [-0.25, -0.2) is 13.2 Å². The Kier molecular flexibility index (Phi) is 5.80. The quantitative estimate of drug-likeness (QED) is 0.659. The fraction of sp³-hybridized carbons (Fsp3) is 0.529. The minimum atomic E-state index is -4.04. The average molecular weight is 385 g/mol. The number of carbonyl (C=O) groups excluding carboxylic acids is 1. The summed E-state index contributed by atoms with van der Waals surface area (Å²) in [5.41, 5.74) is -0.737. The lowest BCUT2D eigenvalue weighted by Gasteiger charge is -2.20. The molecule has 0 radical (unpaired) electrons. The van der Waals surface area contributed by atoms with E-state index < -0.39 is 33.3 Å². The zero-order valence-corrected chi connectivity index (χ0v) is 15.8. The summed E-state index contributed by atoms with van der Waals surface area (Å²) in [6, 6.07) is 3.83. The maximum Gasteiger partial charge on any atom is 0.335 e. The molecule has 1 aliphatic carbocycles. The van der Waals surface area contributed by atoms with Gasteiger partial charge in [-0.05, 0) is 57.7 Å². The van der Waals surface area contributed by atoms with E-state index in [-0.39, 0.29) is 17.0 Å². The molecule has 144 valence electrons. The number of sulfonamides is 1. The molecule has 0 unspecified atom stereocenters. The number of carboxylic acids is 1. The number of anilines is 1. The third kappa shape index (κ3) is 6.55. The number of hydrogen-bond donors (Lipinski definition) is 2. The van der Waals surface area contributed by atoms with E-state index in [2.05, 4.69) is 4.72 Å². The molecule has 0 heterocycles. The summed E-state index contributed by atoms with van der Waals surface area (Å²) in [7, 11) is -4.04. The largest absolute Gasteiger partial charge is 0.491 e. The number of aromatic carboxylic acids is 1. The van der Waals surface area contributed by atoms with E-state index in [4.69, 9.17) is 14.6 Å². The van der Waals surface area contributed by atoms with Gasteiger partial charge in [0.15, 0.2) is 5.75 Å². The summed E-state index contributed by atoms with van der Waals surface area (Å²) < 4.78 is 37.3. The molecule has 9 heteroatoms. The molecule has 26 heavy (non-hydrogen) atoms. The molecule has 1 saturated carbocycles. The Morgan fingerprint density at radius 1 is 1.27 bits per heavy atom. The normalized spacial score (nSPS) is 14.6. The van der Waals surface area contributed by atoms with E-state index in [0.29, 0.717) is 12.5 Å². The summed E-state index contributed by atoms with van der Waals surface area (Å²) >= 11 is 0. The van der Waals surface area contributed by atoms with E-state index in [1.54, 1.807) is 20.8 Å². The van der Waals surface area contributed by atoms with Crippen LogP contribution in [0.25, 0.3) is 0 Å². The minimum Gasteiger partial charge on any atom is -0.491 e.